The minimum atomic E-state index is -0.408. The van der Waals surface area contributed by atoms with Crippen molar-refractivity contribution in [3.05, 3.63) is 59.2 Å². The summed E-state index contributed by atoms with van der Waals surface area (Å²) >= 11 is 0. The summed E-state index contributed by atoms with van der Waals surface area (Å²) in [7, 11) is 0. The molecular formula is C14H12F2. The summed E-state index contributed by atoms with van der Waals surface area (Å²) in [5.74, 6) is -0.764. The van der Waals surface area contributed by atoms with Gasteiger partial charge in [0.1, 0.15) is 11.6 Å². The molecule has 0 radical (unpaired) electrons. The largest absolute Gasteiger partial charge is 0.207 e. The van der Waals surface area contributed by atoms with Crippen molar-refractivity contribution in [2.45, 2.75) is 13.8 Å². The van der Waals surface area contributed by atoms with Gasteiger partial charge in [-0.25, -0.2) is 8.78 Å². The Morgan fingerprint density at radius 1 is 0.875 bits per heavy atom. The van der Waals surface area contributed by atoms with E-state index in [1.807, 2.05) is 19.1 Å². The highest BCUT2D eigenvalue weighted by molar-refractivity contribution is 5.65. The number of aryl methyl sites for hydroxylation is 2. The molecule has 0 N–H and O–H groups in total. The highest BCUT2D eigenvalue weighted by Gasteiger charge is 2.09. The van der Waals surface area contributed by atoms with Gasteiger partial charge < -0.3 is 0 Å². The monoisotopic (exact) mass is 218 g/mol. The molecule has 0 fully saturated rings. The molecule has 0 unspecified atom stereocenters. The highest BCUT2D eigenvalue weighted by Crippen LogP contribution is 2.26. The molecule has 2 aromatic rings. The molecule has 0 bridgehead atoms. The van der Waals surface area contributed by atoms with E-state index < -0.39 is 5.82 Å². The first kappa shape index (κ1) is 10.8. The average Bonchev–Trinajstić information content (AvgIpc) is 2.25. The van der Waals surface area contributed by atoms with Gasteiger partial charge in [0.15, 0.2) is 0 Å². The van der Waals surface area contributed by atoms with Crippen LogP contribution < -0.4 is 0 Å². The lowest BCUT2D eigenvalue weighted by molar-refractivity contribution is 0.595. The topological polar surface area (TPSA) is 0 Å². The van der Waals surface area contributed by atoms with E-state index in [0.29, 0.717) is 16.7 Å². The summed E-state index contributed by atoms with van der Waals surface area (Å²) in [6.45, 7) is 3.52. The third-order valence-electron chi connectivity index (χ3n) is 2.58. The van der Waals surface area contributed by atoms with Gasteiger partial charge in [-0.1, -0.05) is 29.8 Å². The molecular weight excluding hydrogens is 206 g/mol. The van der Waals surface area contributed by atoms with Crippen LogP contribution in [0.5, 0.6) is 0 Å². The number of hydrogen-bond acceptors (Lipinski definition) is 0. The maximum atomic E-state index is 13.8. The van der Waals surface area contributed by atoms with Crippen LogP contribution in [0.25, 0.3) is 11.1 Å². The molecule has 16 heavy (non-hydrogen) atoms. The van der Waals surface area contributed by atoms with Crippen molar-refractivity contribution in [2.75, 3.05) is 0 Å². The smallest absolute Gasteiger partial charge is 0.134 e. The Balaban J connectivity index is 2.59. The van der Waals surface area contributed by atoms with Crippen molar-refractivity contribution >= 4 is 0 Å². The van der Waals surface area contributed by atoms with Crippen LogP contribution in [0.1, 0.15) is 11.1 Å². The van der Waals surface area contributed by atoms with E-state index in [2.05, 4.69) is 0 Å². The Hall–Kier alpha value is -1.70. The van der Waals surface area contributed by atoms with Crippen LogP contribution in [0, 0.1) is 25.5 Å². The van der Waals surface area contributed by atoms with Crippen LogP contribution >= 0.6 is 0 Å². The lowest BCUT2D eigenvalue weighted by Gasteiger charge is -2.06. The van der Waals surface area contributed by atoms with E-state index in [4.69, 9.17) is 0 Å². The second-order valence-corrected chi connectivity index (χ2v) is 3.95. The third-order valence-corrected chi connectivity index (χ3v) is 2.58. The lowest BCUT2D eigenvalue weighted by Crippen LogP contribution is -1.91. The van der Waals surface area contributed by atoms with Gasteiger partial charge in [0, 0.05) is 5.56 Å². The zero-order valence-corrected chi connectivity index (χ0v) is 9.22. The summed E-state index contributed by atoms with van der Waals surface area (Å²) in [5, 5.41) is 0. The fourth-order valence-corrected chi connectivity index (χ4v) is 1.67. The van der Waals surface area contributed by atoms with Gasteiger partial charge in [-0.2, -0.15) is 0 Å². The zero-order valence-electron chi connectivity index (χ0n) is 9.22. The first-order chi connectivity index (χ1) is 7.58. The molecule has 2 aromatic carbocycles. The Kier molecular flexibility index (Phi) is 2.73. The molecule has 0 saturated carbocycles. The van der Waals surface area contributed by atoms with E-state index >= 15 is 0 Å². The van der Waals surface area contributed by atoms with Crippen molar-refractivity contribution in [3.63, 3.8) is 0 Å². The van der Waals surface area contributed by atoms with Gasteiger partial charge in [-0.3, -0.25) is 0 Å². The molecule has 0 saturated heterocycles. The van der Waals surface area contributed by atoms with Crippen LogP contribution in [0.3, 0.4) is 0 Å². The molecule has 0 nitrogen and oxygen atoms in total. The van der Waals surface area contributed by atoms with Crippen LogP contribution in [0.2, 0.25) is 0 Å². The molecule has 0 aliphatic heterocycles. The van der Waals surface area contributed by atoms with Crippen molar-refractivity contribution in [1.29, 1.82) is 0 Å². The van der Waals surface area contributed by atoms with Crippen molar-refractivity contribution < 1.29 is 8.78 Å². The Labute approximate surface area is 93.5 Å². The molecule has 2 rings (SSSR count). The molecule has 0 aromatic heterocycles. The first-order valence-corrected chi connectivity index (χ1v) is 5.10. The van der Waals surface area contributed by atoms with Crippen molar-refractivity contribution in [3.8, 4) is 11.1 Å². The Bertz CT molecular complexity index is 513. The maximum Gasteiger partial charge on any atom is 0.134 e. The zero-order chi connectivity index (χ0) is 11.7. The third kappa shape index (κ3) is 1.96. The minimum absolute atomic E-state index is 0.317. The lowest BCUT2D eigenvalue weighted by atomic mass is 10.0. The number of halogens is 2. The van der Waals surface area contributed by atoms with Gasteiger partial charge >= 0.3 is 0 Å². The van der Waals surface area contributed by atoms with Gasteiger partial charge in [0.25, 0.3) is 0 Å². The highest BCUT2D eigenvalue weighted by atomic mass is 19.1. The average molecular weight is 218 g/mol. The van der Waals surface area contributed by atoms with Gasteiger partial charge in [-0.05, 0) is 37.1 Å². The van der Waals surface area contributed by atoms with Crippen LogP contribution in [0.15, 0.2) is 36.4 Å². The maximum absolute atomic E-state index is 13.8. The molecule has 0 aliphatic carbocycles. The van der Waals surface area contributed by atoms with E-state index in [-0.39, 0.29) is 5.82 Å². The molecule has 0 amide bonds. The van der Waals surface area contributed by atoms with Crippen LogP contribution in [-0.2, 0) is 0 Å². The minimum Gasteiger partial charge on any atom is -0.207 e. The van der Waals surface area contributed by atoms with E-state index in [9.17, 15) is 8.78 Å². The fraction of sp³-hybridized carbons (Fsp3) is 0.143. The molecule has 2 heteroatoms. The Morgan fingerprint density at radius 3 is 2.12 bits per heavy atom. The molecule has 0 aliphatic rings. The van der Waals surface area contributed by atoms with E-state index in [1.54, 1.807) is 19.1 Å². The second kappa shape index (κ2) is 4.05. The van der Waals surface area contributed by atoms with Gasteiger partial charge in [0.05, 0.1) is 0 Å². The SMILES string of the molecule is Cc1ccc(-c2cc(F)cc(C)c2F)cc1. The predicted molar refractivity (Wildman–Crippen MR) is 61.3 cm³/mol. The van der Waals surface area contributed by atoms with E-state index in [0.717, 1.165) is 5.56 Å². The summed E-state index contributed by atoms with van der Waals surface area (Å²) < 4.78 is 27.0. The van der Waals surface area contributed by atoms with Gasteiger partial charge in [0.2, 0.25) is 0 Å². The summed E-state index contributed by atoms with van der Waals surface area (Å²) in [6.07, 6.45) is 0. The van der Waals surface area contributed by atoms with E-state index in [1.165, 1.54) is 12.1 Å². The quantitative estimate of drug-likeness (QED) is 0.671. The Morgan fingerprint density at radius 2 is 1.50 bits per heavy atom. The molecule has 82 valence electrons. The van der Waals surface area contributed by atoms with Crippen molar-refractivity contribution in [2.24, 2.45) is 0 Å². The predicted octanol–water partition coefficient (Wildman–Crippen LogP) is 4.25. The number of rotatable bonds is 1. The normalized spacial score (nSPS) is 10.5. The number of benzene rings is 2. The fourth-order valence-electron chi connectivity index (χ4n) is 1.67. The van der Waals surface area contributed by atoms with Gasteiger partial charge in [-0.15, -0.1) is 0 Å². The van der Waals surface area contributed by atoms with Crippen molar-refractivity contribution in [1.82, 2.24) is 0 Å². The number of hydrogen-bond donors (Lipinski definition) is 0. The summed E-state index contributed by atoms with van der Waals surface area (Å²) in [5.41, 5.74) is 2.44. The summed E-state index contributed by atoms with van der Waals surface area (Å²) in [6, 6.07) is 9.79. The van der Waals surface area contributed by atoms with Crippen LogP contribution in [0.4, 0.5) is 8.78 Å². The molecule has 0 atom stereocenters. The second-order valence-electron chi connectivity index (χ2n) is 3.95. The molecule has 0 spiro atoms. The molecule has 0 heterocycles. The van der Waals surface area contributed by atoms with Crippen LogP contribution in [-0.4, -0.2) is 0 Å². The standard InChI is InChI=1S/C14H12F2/c1-9-3-5-11(6-4-9)13-8-12(15)7-10(2)14(13)16/h3-8H,1-2H3. The summed E-state index contributed by atoms with van der Waals surface area (Å²) in [4.78, 5) is 0. The first-order valence-electron chi connectivity index (χ1n) is 5.10.